The molecule has 27 heavy (non-hydrogen) atoms. The summed E-state index contributed by atoms with van der Waals surface area (Å²) in [5, 5.41) is -7.70. The van der Waals surface area contributed by atoms with Gasteiger partial charge in [-0.05, 0) is 0 Å². The minimum atomic E-state index is -8.60. The standard InChI is InChI=1S/C7HF15O3S.Li/c8-1(9,2(10,11)4(14,15)6(18,19)20)3(12,13)5(16,17)7(21,22)26(23,24)25;/h(H,23,24,25);. The summed E-state index contributed by atoms with van der Waals surface area (Å²) >= 11 is 0. The third-order valence-corrected chi connectivity index (χ3v) is 3.53. The molecule has 20 heteroatoms. The number of alkyl halides is 15. The van der Waals surface area contributed by atoms with Crippen LogP contribution in [-0.4, -0.2) is 72.9 Å². The number of hydrogen-bond acceptors (Lipinski definition) is 2. The Morgan fingerprint density at radius 3 is 0.926 bits per heavy atom. The van der Waals surface area contributed by atoms with Crippen LogP contribution in [0.4, 0.5) is 65.9 Å². The average molecular weight is 457 g/mol. The van der Waals surface area contributed by atoms with Crippen molar-refractivity contribution < 1.29 is 78.8 Å². The molecule has 0 saturated heterocycles. The predicted molar refractivity (Wildman–Crippen MR) is 53.0 cm³/mol. The zero-order valence-corrected chi connectivity index (χ0v) is 12.7. The van der Waals surface area contributed by atoms with Crippen LogP contribution in [0.5, 0.6) is 0 Å². The number of rotatable bonds is 6. The van der Waals surface area contributed by atoms with Gasteiger partial charge >= 0.3 is 51.2 Å². The van der Waals surface area contributed by atoms with Crippen molar-refractivity contribution in [2.24, 2.45) is 0 Å². The SMILES string of the molecule is O=S(=O)(O)C(F)(F)C(F)(F)C(F)(F)C(F)(F)C(F)(F)C(F)(F)C(F)(F)F.[Li]. The third-order valence-electron chi connectivity index (χ3n) is 2.62. The quantitative estimate of drug-likeness (QED) is 0.375. The molecule has 0 bridgehead atoms. The first kappa shape index (κ1) is 28.7. The minimum absolute atomic E-state index is 0. The second-order valence-electron chi connectivity index (χ2n) is 4.36. The van der Waals surface area contributed by atoms with Crippen LogP contribution >= 0.6 is 0 Å². The molecule has 0 aliphatic heterocycles. The van der Waals surface area contributed by atoms with E-state index in [1.54, 1.807) is 0 Å². The van der Waals surface area contributed by atoms with Crippen molar-refractivity contribution in [3.63, 3.8) is 0 Å². The molecule has 159 valence electrons. The summed E-state index contributed by atoms with van der Waals surface area (Å²) in [5.74, 6) is -42.0. The maximum absolute atomic E-state index is 12.9. The Kier molecular flexibility index (Phi) is 7.18. The van der Waals surface area contributed by atoms with Crippen molar-refractivity contribution in [1.82, 2.24) is 0 Å². The summed E-state index contributed by atoms with van der Waals surface area (Å²) < 4.78 is 215. The molecule has 0 aliphatic rings. The van der Waals surface area contributed by atoms with E-state index in [4.69, 9.17) is 4.55 Å². The summed E-state index contributed by atoms with van der Waals surface area (Å²) in [6.45, 7) is 0. The van der Waals surface area contributed by atoms with Gasteiger partial charge in [0, 0.05) is 18.9 Å². The van der Waals surface area contributed by atoms with Gasteiger partial charge in [-0.3, -0.25) is 4.55 Å². The second-order valence-corrected chi connectivity index (χ2v) is 5.82. The minimum Gasteiger partial charge on any atom is -0.281 e. The Labute approximate surface area is 149 Å². The molecule has 0 amide bonds. The Hall–Kier alpha value is -0.543. The Bertz CT molecular complexity index is 651. The topological polar surface area (TPSA) is 54.4 Å². The second kappa shape index (κ2) is 6.76. The van der Waals surface area contributed by atoms with Crippen LogP contribution in [-0.2, 0) is 10.1 Å². The first-order valence-corrected chi connectivity index (χ1v) is 6.49. The fraction of sp³-hybridized carbons (Fsp3) is 1.00. The van der Waals surface area contributed by atoms with Crippen LogP contribution in [0, 0.1) is 0 Å². The molecule has 1 radical (unpaired) electrons. The number of hydrogen-bond donors (Lipinski definition) is 1. The maximum Gasteiger partial charge on any atom is 0.460 e. The first-order valence-electron chi connectivity index (χ1n) is 5.05. The van der Waals surface area contributed by atoms with Gasteiger partial charge in [0.1, 0.15) is 0 Å². The van der Waals surface area contributed by atoms with Gasteiger partial charge in [-0.1, -0.05) is 0 Å². The van der Waals surface area contributed by atoms with Crippen LogP contribution in [0.25, 0.3) is 0 Å². The van der Waals surface area contributed by atoms with Gasteiger partial charge in [0.2, 0.25) is 0 Å². The van der Waals surface area contributed by atoms with E-state index >= 15 is 0 Å². The molecule has 0 aromatic heterocycles. The monoisotopic (exact) mass is 457 g/mol. The van der Waals surface area contributed by atoms with Gasteiger partial charge in [0.05, 0.1) is 0 Å². The predicted octanol–water partition coefficient (Wildman–Crippen LogP) is 3.83. The molecule has 0 aliphatic carbocycles. The average Bonchev–Trinajstić information content (AvgIpc) is 2.34. The van der Waals surface area contributed by atoms with Gasteiger partial charge in [-0.15, -0.1) is 0 Å². The molecule has 0 heterocycles. The van der Waals surface area contributed by atoms with Crippen molar-refractivity contribution in [3.8, 4) is 0 Å². The Balaban J connectivity index is 0. The van der Waals surface area contributed by atoms with E-state index in [1.165, 1.54) is 0 Å². The van der Waals surface area contributed by atoms with E-state index < -0.39 is 51.2 Å². The van der Waals surface area contributed by atoms with E-state index in [0.717, 1.165) is 0 Å². The molecule has 0 saturated carbocycles. The van der Waals surface area contributed by atoms with E-state index in [-0.39, 0.29) is 18.9 Å². The summed E-state index contributed by atoms with van der Waals surface area (Å²) in [5.41, 5.74) is 0. The van der Waals surface area contributed by atoms with Crippen LogP contribution in [0.2, 0.25) is 0 Å². The van der Waals surface area contributed by atoms with E-state index in [2.05, 4.69) is 0 Å². The molecule has 0 atom stereocenters. The van der Waals surface area contributed by atoms with Crippen LogP contribution in [0.15, 0.2) is 0 Å². The summed E-state index contributed by atoms with van der Waals surface area (Å²) in [6, 6.07) is 0. The zero-order chi connectivity index (χ0) is 22.0. The molecule has 0 rings (SSSR count). The molecular weight excluding hydrogens is 456 g/mol. The fourth-order valence-corrected chi connectivity index (χ4v) is 1.57. The zero-order valence-electron chi connectivity index (χ0n) is 11.8. The Morgan fingerprint density at radius 2 is 0.704 bits per heavy atom. The van der Waals surface area contributed by atoms with Gasteiger partial charge in [-0.2, -0.15) is 74.3 Å². The van der Waals surface area contributed by atoms with Gasteiger partial charge in [0.25, 0.3) is 0 Å². The van der Waals surface area contributed by atoms with E-state index in [0.29, 0.717) is 0 Å². The summed E-state index contributed by atoms with van der Waals surface area (Å²) in [7, 11) is -7.76. The van der Waals surface area contributed by atoms with Crippen molar-refractivity contribution in [2.45, 2.75) is 41.0 Å². The third kappa shape index (κ3) is 3.59. The van der Waals surface area contributed by atoms with Crippen LogP contribution in [0.1, 0.15) is 0 Å². The van der Waals surface area contributed by atoms with Crippen molar-refractivity contribution in [2.75, 3.05) is 0 Å². The molecule has 1 N–H and O–H groups in total. The summed E-state index contributed by atoms with van der Waals surface area (Å²) in [4.78, 5) is 0. The van der Waals surface area contributed by atoms with E-state index in [1.807, 2.05) is 0 Å². The molecule has 0 fully saturated rings. The molecule has 0 aromatic carbocycles. The summed E-state index contributed by atoms with van der Waals surface area (Å²) in [6.07, 6.45) is -7.75. The normalized spacial score (nSPS) is 16.1. The van der Waals surface area contributed by atoms with Gasteiger partial charge in [0.15, 0.2) is 0 Å². The van der Waals surface area contributed by atoms with Crippen LogP contribution < -0.4 is 0 Å². The largest absolute Gasteiger partial charge is 0.460 e. The molecule has 0 unspecified atom stereocenters. The fourth-order valence-electron chi connectivity index (χ4n) is 1.11. The van der Waals surface area contributed by atoms with E-state index in [9.17, 15) is 74.3 Å². The van der Waals surface area contributed by atoms with Crippen molar-refractivity contribution in [3.05, 3.63) is 0 Å². The van der Waals surface area contributed by atoms with Gasteiger partial charge < -0.3 is 0 Å². The molecule has 0 spiro atoms. The van der Waals surface area contributed by atoms with Crippen LogP contribution in [0.3, 0.4) is 0 Å². The molecule has 0 aromatic rings. The molecule has 3 nitrogen and oxygen atoms in total. The maximum atomic E-state index is 12.9. The van der Waals surface area contributed by atoms with Crippen molar-refractivity contribution >= 4 is 29.0 Å². The van der Waals surface area contributed by atoms with Gasteiger partial charge in [-0.25, -0.2) is 0 Å². The van der Waals surface area contributed by atoms with Crippen molar-refractivity contribution in [1.29, 1.82) is 0 Å². The Morgan fingerprint density at radius 1 is 0.481 bits per heavy atom. The first-order chi connectivity index (χ1) is 10.8. The smallest absolute Gasteiger partial charge is 0.281 e. The molecular formula is C7HF15LiO3S. The number of halogens is 15.